The van der Waals surface area contributed by atoms with Gasteiger partial charge in [0.05, 0.1) is 6.04 Å². The molecule has 1 aromatic carbocycles. The summed E-state index contributed by atoms with van der Waals surface area (Å²) in [7, 11) is 0. The van der Waals surface area contributed by atoms with Crippen LogP contribution in [-0.4, -0.2) is 46.0 Å². The molecule has 29 heavy (non-hydrogen) atoms. The minimum absolute atomic E-state index is 0.0379. The SMILES string of the molecule is CC(C)C(NC(=O)c1ccc2c(c1)CN(C1CCC(=O)NC1=O)C2O)C(F)(F)F. The molecule has 158 valence electrons. The molecule has 2 heterocycles. The Morgan fingerprint density at radius 1 is 1.31 bits per heavy atom. The molecule has 2 aliphatic heterocycles. The first-order valence-electron chi connectivity index (χ1n) is 9.27. The maximum Gasteiger partial charge on any atom is 0.408 e. The van der Waals surface area contributed by atoms with Gasteiger partial charge in [-0.2, -0.15) is 13.2 Å². The Labute approximate surface area is 165 Å². The summed E-state index contributed by atoms with van der Waals surface area (Å²) in [6, 6.07) is 1.56. The van der Waals surface area contributed by atoms with Gasteiger partial charge in [0.15, 0.2) is 0 Å². The first-order chi connectivity index (χ1) is 13.5. The number of amides is 3. The minimum atomic E-state index is -4.57. The highest BCUT2D eigenvalue weighted by Crippen LogP contribution is 2.35. The average Bonchev–Trinajstić information content (AvgIpc) is 2.94. The highest BCUT2D eigenvalue weighted by Gasteiger charge is 2.43. The van der Waals surface area contributed by atoms with Gasteiger partial charge in [-0.05, 0) is 35.6 Å². The fraction of sp³-hybridized carbons (Fsp3) is 0.526. The molecule has 3 unspecified atom stereocenters. The second kappa shape index (κ2) is 7.75. The number of hydrogen-bond acceptors (Lipinski definition) is 5. The molecule has 0 spiro atoms. The maximum atomic E-state index is 13.1. The summed E-state index contributed by atoms with van der Waals surface area (Å²) in [6.07, 6.45) is -5.27. The van der Waals surface area contributed by atoms with Gasteiger partial charge in [-0.1, -0.05) is 19.9 Å². The quantitative estimate of drug-likeness (QED) is 0.652. The van der Waals surface area contributed by atoms with Crippen LogP contribution in [0.3, 0.4) is 0 Å². The standard InChI is InChI=1S/C19H22F3N3O4/c1-9(2)15(19(20,21)22)24-16(27)10-3-4-12-11(7-10)8-25(18(12)29)13-5-6-14(26)23-17(13)28/h3-4,7,9,13,15,18,29H,5-6,8H2,1-2H3,(H,24,27)(H,23,26,28). The molecular formula is C19H22F3N3O4. The number of aliphatic hydroxyl groups is 1. The molecule has 2 aliphatic rings. The zero-order chi connectivity index (χ0) is 21.5. The first kappa shape index (κ1) is 21.3. The third-order valence-corrected chi connectivity index (χ3v) is 5.27. The third-order valence-electron chi connectivity index (χ3n) is 5.27. The molecule has 3 amide bonds. The van der Waals surface area contributed by atoms with Gasteiger partial charge in [0.25, 0.3) is 5.91 Å². The summed E-state index contributed by atoms with van der Waals surface area (Å²) in [4.78, 5) is 37.3. The van der Waals surface area contributed by atoms with Crippen LogP contribution >= 0.6 is 0 Å². The molecule has 3 rings (SSSR count). The van der Waals surface area contributed by atoms with Crippen molar-refractivity contribution in [2.24, 2.45) is 5.92 Å². The van der Waals surface area contributed by atoms with Crippen LogP contribution in [0.4, 0.5) is 13.2 Å². The predicted molar refractivity (Wildman–Crippen MR) is 95.3 cm³/mol. The highest BCUT2D eigenvalue weighted by molar-refractivity contribution is 6.00. The number of halogens is 3. The smallest absolute Gasteiger partial charge is 0.374 e. The van der Waals surface area contributed by atoms with Crippen LogP contribution in [0.5, 0.6) is 0 Å². The van der Waals surface area contributed by atoms with E-state index < -0.39 is 42.2 Å². The maximum absolute atomic E-state index is 13.1. The largest absolute Gasteiger partial charge is 0.408 e. The van der Waals surface area contributed by atoms with Crippen LogP contribution in [0.1, 0.15) is 54.4 Å². The van der Waals surface area contributed by atoms with Gasteiger partial charge in [0.1, 0.15) is 12.3 Å². The summed E-state index contributed by atoms with van der Waals surface area (Å²) in [5, 5.41) is 14.8. The number of benzene rings is 1. The van der Waals surface area contributed by atoms with Gasteiger partial charge in [-0.25, -0.2) is 0 Å². The number of carbonyl (C=O) groups is 3. The van der Waals surface area contributed by atoms with Crippen molar-refractivity contribution in [3.05, 3.63) is 34.9 Å². The number of aliphatic hydroxyl groups excluding tert-OH is 1. The molecule has 1 fully saturated rings. The molecule has 7 nitrogen and oxygen atoms in total. The number of carbonyl (C=O) groups excluding carboxylic acids is 3. The van der Waals surface area contributed by atoms with Crippen LogP contribution in [0.15, 0.2) is 18.2 Å². The summed E-state index contributed by atoms with van der Waals surface area (Å²) in [5.41, 5.74) is 1.06. The summed E-state index contributed by atoms with van der Waals surface area (Å²) < 4.78 is 39.4. The van der Waals surface area contributed by atoms with E-state index in [0.717, 1.165) is 0 Å². The number of imide groups is 1. The molecule has 0 radical (unpaired) electrons. The van der Waals surface area contributed by atoms with Crippen molar-refractivity contribution in [2.45, 2.75) is 57.7 Å². The minimum Gasteiger partial charge on any atom is -0.374 e. The van der Waals surface area contributed by atoms with E-state index >= 15 is 0 Å². The van der Waals surface area contributed by atoms with Crippen molar-refractivity contribution in [3.8, 4) is 0 Å². The summed E-state index contributed by atoms with van der Waals surface area (Å²) in [5.74, 6) is -2.58. The van der Waals surface area contributed by atoms with Gasteiger partial charge in [-0.15, -0.1) is 0 Å². The molecule has 10 heteroatoms. The van der Waals surface area contributed by atoms with Crippen LogP contribution in [0.2, 0.25) is 0 Å². The van der Waals surface area contributed by atoms with Gasteiger partial charge >= 0.3 is 6.18 Å². The van der Waals surface area contributed by atoms with Gasteiger partial charge < -0.3 is 10.4 Å². The van der Waals surface area contributed by atoms with Gasteiger partial charge in [-0.3, -0.25) is 24.6 Å². The molecule has 3 atom stereocenters. The highest BCUT2D eigenvalue weighted by atomic mass is 19.4. The number of nitrogens with zero attached hydrogens (tertiary/aromatic N) is 1. The topological polar surface area (TPSA) is 98.7 Å². The number of alkyl halides is 3. The fourth-order valence-corrected chi connectivity index (χ4v) is 3.73. The Bertz CT molecular complexity index is 840. The lowest BCUT2D eigenvalue weighted by atomic mass is 10.0. The van der Waals surface area contributed by atoms with Crippen molar-refractivity contribution < 1.29 is 32.7 Å². The molecule has 1 saturated heterocycles. The van der Waals surface area contributed by atoms with Crippen LogP contribution in [0, 0.1) is 5.92 Å². The second-order valence-corrected chi connectivity index (χ2v) is 7.66. The molecule has 0 saturated carbocycles. The molecule has 1 aromatic rings. The fourth-order valence-electron chi connectivity index (χ4n) is 3.73. The van der Waals surface area contributed by atoms with Gasteiger partial charge in [0.2, 0.25) is 11.8 Å². The van der Waals surface area contributed by atoms with E-state index in [2.05, 4.69) is 5.32 Å². The number of hydrogen-bond donors (Lipinski definition) is 3. The van der Waals surface area contributed by atoms with E-state index in [0.29, 0.717) is 11.1 Å². The van der Waals surface area contributed by atoms with Crippen molar-refractivity contribution in [1.29, 1.82) is 0 Å². The third kappa shape index (κ3) is 4.27. The van der Waals surface area contributed by atoms with Crippen molar-refractivity contribution in [2.75, 3.05) is 0 Å². The summed E-state index contributed by atoms with van der Waals surface area (Å²) in [6.45, 7) is 2.88. The Hall–Kier alpha value is -2.46. The predicted octanol–water partition coefficient (Wildman–Crippen LogP) is 1.61. The van der Waals surface area contributed by atoms with Crippen molar-refractivity contribution in [3.63, 3.8) is 0 Å². The van der Waals surface area contributed by atoms with E-state index in [4.69, 9.17) is 0 Å². The zero-order valence-corrected chi connectivity index (χ0v) is 15.9. The van der Waals surface area contributed by atoms with Crippen LogP contribution in [0.25, 0.3) is 0 Å². The van der Waals surface area contributed by atoms with Crippen molar-refractivity contribution in [1.82, 2.24) is 15.5 Å². The molecule has 0 aliphatic carbocycles. The number of piperidine rings is 1. The second-order valence-electron chi connectivity index (χ2n) is 7.66. The van der Waals surface area contributed by atoms with E-state index in [1.165, 1.54) is 36.9 Å². The van der Waals surface area contributed by atoms with E-state index in [9.17, 15) is 32.7 Å². The number of rotatable bonds is 4. The lowest BCUT2D eigenvalue weighted by molar-refractivity contribution is -0.162. The zero-order valence-electron chi connectivity index (χ0n) is 15.9. The number of fused-ring (bicyclic) bond motifs is 1. The molecule has 3 N–H and O–H groups in total. The Balaban J connectivity index is 1.77. The van der Waals surface area contributed by atoms with Crippen LogP contribution in [-0.2, 0) is 16.1 Å². The van der Waals surface area contributed by atoms with E-state index in [1.54, 1.807) is 0 Å². The Kier molecular flexibility index (Phi) is 5.68. The Morgan fingerprint density at radius 2 is 2.00 bits per heavy atom. The number of nitrogens with one attached hydrogen (secondary N) is 2. The monoisotopic (exact) mass is 413 g/mol. The average molecular weight is 413 g/mol. The van der Waals surface area contributed by atoms with E-state index in [-0.39, 0.29) is 30.9 Å². The van der Waals surface area contributed by atoms with Crippen molar-refractivity contribution >= 4 is 17.7 Å². The lowest BCUT2D eigenvalue weighted by Crippen LogP contribution is -2.51. The molecule has 0 aromatic heterocycles. The molecular weight excluding hydrogens is 391 g/mol. The summed E-state index contributed by atoms with van der Waals surface area (Å²) >= 11 is 0. The van der Waals surface area contributed by atoms with Crippen LogP contribution < -0.4 is 10.6 Å². The van der Waals surface area contributed by atoms with Gasteiger partial charge in [0, 0.05) is 18.5 Å². The molecule has 0 bridgehead atoms. The normalized spacial score (nSPS) is 23.7. The lowest BCUT2D eigenvalue weighted by Gasteiger charge is -2.31. The first-order valence-corrected chi connectivity index (χ1v) is 9.27. The Morgan fingerprint density at radius 3 is 2.59 bits per heavy atom. The van der Waals surface area contributed by atoms with E-state index in [1.807, 2.05) is 5.32 Å².